The minimum Gasteiger partial charge on any atom is -0.493 e. The van der Waals surface area contributed by atoms with E-state index in [1.807, 2.05) is 6.07 Å². The predicted octanol–water partition coefficient (Wildman–Crippen LogP) is 2.69. The SMILES string of the molecule is CN(Cc1ccc(OCC2CCCNC2)cc1)Cc1ccon1. The maximum Gasteiger partial charge on any atom is 0.124 e. The normalized spacial score (nSPS) is 18.3. The third-order valence-corrected chi connectivity index (χ3v) is 4.18. The van der Waals surface area contributed by atoms with Crippen molar-refractivity contribution in [1.82, 2.24) is 15.4 Å². The van der Waals surface area contributed by atoms with Gasteiger partial charge in [0.05, 0.1) is 12.3 Å². The predicted molar refractivity (Wildman–Crippen MR) is 89.2 cm³/mol. The first-order valence-electron chi connectivity index (χ1n) is 8.30. The Balaban J connectivity index is 1.44. The standard InChI is InChI=1S/C18H25N3O2/c1-21(13-17-8-10-23-20-17)12-15-4-6-18(7-5-15)22-14-16-3-2-9-19-11-16/h4-8,10,16,19H,2-3,9,11-14H2,1H3. The van der Waals surface area contributed by atoms with Gasteiger partial charge in [-0.1, -0.05) is 17.3 Å². The molecule has 2 heterocycles. The third-order valence-electron chi connectivity index (χ3n) is 4.18. The van der Waals surface area contributed by atoms with E-state index in [0.29, 0.717) is 5.92 Å². The Morgan fingerprint density at radius 2 is 2.13 bits per heavy atom. The van der Waals surface area contributed by atoms with Crippen molar-refractivity contribution in [2.45, 2.75) is 25.9 Å². The molecule has 1 N–H and O–H groups in total. The van der Waals surface area contributed by atoms with Crippen molar-refractivity contribution in [1.29, 1.82) is 0 Å². The molecule has 5 heteroatoms. The molecule has 1 aromatic carbocycles. The summed E-state index contributed by atoms with van der Waals surface area (Å²) in [5.41, 5.74) is 2.22. The fraction of sp³-hybridized carbons (Fsp3) is 0.500. The van der Waals surface area contributed by atoms with Crippen molar-refractivity contribution < 1.29 is 9.26 Å². The van der Waals surface area contributed by atoms with Crippen LogP contribution in [0.3, 0.4) is 0 Å². The molecular weight excluding hydrogens is 290 g/mol. The van der Waals surface area contributed by atoms with Crippen molar-refractivity contribution >= 4 is 0 Å². The summed E-state index contributed by atoms with van der Waals surface area (Å²) in [6, 6.07) is 10.3. The van der Waals surface area contributed by atoms with E-state index in [4.69, 9.17) is 9.26 Å². The molecule has 0 amide bonds. The lowest BCUT2D eigenvalue weighted by Gasteiger charge is -2.22. The van der Waals surface area contributed by atoms with E-state index in [0.717, 1.165) is 44.2 Å². The first-order valence-corrected chi connectivity index (χ1v) is 8.30. The molecule has 2 aromatic rings. The van der Waals surface area contributed by atoms with Gasteiger partial charge in [0.25, 0.3) is 0 Å². The summed E-state index contributed by atoms with van der Waals surface area (Å²) in [6.45, 7) is 4.68. The van der Waals surface area contributed by atoms with Crippen LogP contribution >= 0.6 is 0 Å². The van der Waals surface area contributed by atoms with Gasteiger partial charge >= 0.3 is 0 Å². The molecule has 3 rings (SSSR count). The maximum atomic E-state index is 5.91. The number of nitrogens with one attached hydrogen (secondary N) is 1. The average Bonchev–Trinajstić information content (AvgIpc) is 3.08. The highest BCUT2D eigenvalue weighted by Crippen LogP contribution is 2.17. The van der Waals surface area contributed by atoms with Gasteiger partial charge in [0, 0.05) is 31.6 Å². The lowest BCUT2D eigenvalue weighted by atomic mass is 10.0. The fourth-order valence-corrected chi connectivity index (χ4v) is 2.93. The molecule has 0 saturated carbocycles. The quantitative estimate of drug-likeness (QED) is 0.851. The zero-order chi connectivity index (χ0) is 15.9. The van der Waals surface area contributed by atoms with Crippen LogP contribution in [0.2, 0.25) is 0 Å². The zero-order valence-corrected chi connectivity index (χ0v) is 13.7. The van der Waals surface area contributed by atoms with E-state index in [1.54, 1.807) is 6.26 Å². The van der Waals surface area contributed by atoms with Crippen LogP contribution in [0.1, 0.15) is 24.1 Å². The lowest BCUT2D eigenvalue weighted by Crippen LogP contribution is -2.33. The van der Waals surface area contributed by atoms with Gasteiger partial charge in [0.2, 0.25) is 0 Å². The second-order valence-electron chi connectivity index (χ2n) is 6.33. The molecule has 23 heavy (non-hydrogen) atoms. The molecule has 0 bridgehead atoms. The summed E-state index contributed by atoms with van der Waals surface area (Å²) >= 11 is 0. The van der Waals surface area contributed by atoms with Gasteiger partial charge in [-0.05, 0) is 44.1 Å². The van der Waals surface area contributed by atoms with Gasteiger partial charge in [-0.25, -0.2) is 0 Å². The Kier molecular flexibility index (Phi) is 5.66. The number of hydrogen-bond acceptors (Lipinski definition) is 5. The number of aromatic nitrogens is 1. The van der Waals surface area contributed by atoms with Crippen molar-refractivity contribution in [3.63, 3.8) is 0 Å². The highest BCUT2D eigenvalue weighted by molar-refractivity contribution is 5.27. The molecule has 0 aliphatic carbocycles. The van der Waals surface area contributed by atoms with E-state index >= 15 is 0 Å². The summed E-state index contributed by atoms with van der Waals surface area (Å²) in [5.74, 6) is 1.59. The molecule has 1 saturated heterocycles. The number of ether oxygens (including phenoxy) is 1. The van der Waals surface area contributed by atoms with Gasteiger partial charge in [-0.3, -0.25) is 4.90 Å². The van der Waals surface area contributed by atoms with E-state index in [2.05, 4.69) is 46.7 Å². The number of benzene rings is 1. The molecule has 1 aliphatic heterocycles. The van der Waals surface area contributed by atoms with Crippen LogP contribution in [-0.4, -0.2) is 36.8 Å². The number of piperidine rings is 1. The third kappa shape index (κ3) is 5.08. The fourth-order valence-electron chi connectivity index (χ4n) is 2.93. The van der Waals surface area contributed by atoms with Crippen LogP contribution in [-0.2, 0) is 13.1 Å². The molecule has 124 valence electrons. The number of nitrogens with zero attached hydrogens (tertiary/aromatic N) is 2. The highest BCUT2D eigenvalue weighted by Gasteiger charge is 2.13. The topological polar surface area (TPSA) is 50.5 Å². The van der Waals surface area contributed by atoms with E-state index in [1.165, 1.54) is 18.4 Å². The van der Waals surface area contributed by atoms with Gasteiger partial charge < -0.3 is 14.6 Å². The summed E-state index contributed by atoms with van der Waals surface area (Å²) < 4.78 is 10.8. The Bertz CT molecular complexity index is 562. The zero-order valence-electron chi connectivity index (χ0n) is 13.7. The van der Waals surface area contributed by atoms with E-state index in [-0.39, 0.29) is 0 Å². The second-order valence-corrected chi connectivity index (χ2v) is 6.33. The van der Waals surface area contributed by atoms with Crippen molar-refractivity contribution in [2.24, 2.45) is 5.92 Å². The molecule has 1 aromatic heterocycles. The maximum absolute atomic E-state index is 5.91. The number of hydrogen-bond donors (Lipinski definition) is 1. The largest absolute Gasteiger partial charge is 0.493 e. The van der Waals surface area contributed by atoms with Gasteiger partial charge in [0.1, 0.15) is 12.0 Å². The van der Waals surface area contributed by atoms with Crippen molar-refractivity contribution in [3.05, 3.63) is 47.9 Å². The number of rotatable bonds is 7. The minimum absolute atomic E-state index is 0.636. The summed E-state index contributed by atoms with van der Waals surface area (Å²) in [7, 11) is 2.08. The van der Waals surface area contributed by atoms with Crippen LogP contribution in [0.4, 0.5) is 0 Å². The molecule has 5 nitrogen and oxygen atoms in total. The van der Waals surface area contributed by atoms with Gasteiger partial charge in [0.15, 0.2) is 0 Å². The Hall–Kier alpha value is -1.85. The van der Waals surface area contributed by atoms with Gasteiger partial charge in [-0.15, -0.1) is 0 Å². The molecule has 1 aliphatic rings. The van der Waals surface area contributed by atoms with Crippen molar-refractivity contribution in [2.75, 3.05) is 26.7 Å². The lowest BCUT2D eigenvalue weighted by molar-refractivity contribution is 0.218. The highest BCUT2D eigenvalue weighted by atomic mass is 16.5. The summed E-state index contributed by atoms with van der Waals surface area (Å²) in [4.78, 5) is 2.21. The molecule has 1 fully saturated rings. The Morgan fingerprint density at radius 1 is 1.26 bits per heavy atom. The van der Waals surface area contributed by atoms with Crippen LogP contribution in [0.15, 0.2) is 41.1 Å². The molecule has 1 unspecified atom stereocenters. The van der Waals surface area contributed by atoms with E-state index < -0.39 is 0 Å². The molecule has 0 spiro atoms. The van der Waals surface area contributed by atoms with E-state index in [9.17, 15) is 0 Å². The minimum atomic E-state index is 0.636. The first-order chi connectivity index (χ1) is 11.3. The smallest absolute Gasteiger partial charge is 0.124 e. The Morgan fingerprint density at radius 3 is 2.83 bits per heavy atom. The average molecular weight is 315 g/mol. The monoisotopic (exact) mass is 315 g/mol. The molecular formula is C18H25N3O2. The van der Waals surface area contributed by atoms with Crippen LogP contribution in [0.25, 0.3) is 0 Å². The van der Waals surface area contributed by atoms with Crippen molar-refractivity contribution in [3.8, 4) is 5.75 Å². The Labute approximate surface area is 137 Å². The summed E-state index contributed by atoms with van der Waals surface area (Å²) in [5, 5.41) is 7.36. The summed E-state index contributed by atoms with van der Waals surface area (Å²) in [6.07, 6.45) is 4.12. The molecule has 0 radical (unpaired) electrons. The van der Waals surface area contributed by atoms with Gasteiger partial charge in [-0.2, -0.15) is 0 Å². The molecule has 1 atom stereocenters. The first kappa shape index (κ1) is 16.0. The van der Waals surface area contributed by atoms with Crippen LogP contribution in [0.5, 0.6) is 5.75 Å². The van der Waals surface area contributed by atoms with Crippen LogP contribution in [0, 0.1) is 5.92 Å². The second kappa shape index (κ2) is 8.13. The van der Waals surface area contributed by atoms with Crippen LogP contribution < -0.4 is 10.1 Å².